The Morgan fingerprint density at radius 1 is 1.18 bits per heavy atom. The molecule has 0 aliphatic carbocycles. The van der Waals surface area contributed by atoms with Crippen molar-refractivity contribution in [3.05, 3.63) is 22.2 Å². The number of nitrogens with zero attached hydrogens (tertiary/aromatic N) is 1. The van der Waals surface area contributed by atoms with Gasteiger partial charge in [0.05, 0.1) is 25.2 Å². The summed E-state index contributed by atoms with van der Waals surface area (Å²) in [5.74, 6) is 0.485. The lowest BCUT2D eigenvalue weighted by atomic mass is 10.2. The lowest BCUT2D eigenvalue weighted by Crippen LogP contribution is -2.36. The largest absolute Gasteiger partial charge is 0.493 e. The van der Waals surface area contributed by atoms with E-state index in [9.17, 15) is 14.9 Å². The molecule has 0 heterocycles. The third-order valence-electron chi connectivity index (χ3n) is 2.40. The first-order valence-electron chi connectivity index (χ1n) is 6.33. The van der Waals surface area contributed by atoms with Gasteiger partial charge in [-0.05, 0) is 20.8 Å². The molecule has 1 aromatic carbocycles. The summed E-state index contributed by atoms with van der Waals surface area (Å²) in [7, 11) is 2.77. The molecule has 122 valence electrons. The fourth-order valence-corrected chi connectivity index (χ4v) is 1.54. The van der Waals surface area contributed by atoms with E-state index in [0.717, 1.165) is 0 Å². The molecule has 9 heteroatoms. The zero-order valence-electron chi connectivity index (χ0n) is 13.1. The Kier molecular flexibility index (Phi) is 5.39. The SMILES string of the molecule is COc1cc(NNC(=O)OC(C)(C)C)c([N+](=O)[O-])cc1OC. The molecule has 0 aromatic heterocycles. The van der Waals surface area contributed by atoms with Gasteiger partial charge in [0, 0.05) is 6.07 Å². The van der Waals surface area contributed by atoms with Gasteiger partial charge >= 0.3 is 6.09 Å². The van der Waals surface area contributed by atoms with Gasteiger partial charge in [-0.2, -0.15) is 0 Å². The lowest BCUT2D eigenvalue weighted by molar-refractivity contribution is -0.384. The van der Waals surface area contributed by atoms with Crippen LogP contribution in [0.4, 0.5) is 16.2 Å². The summed E-state index contributed by atoms with van der Waals surface area (Å²) in [6, 6.07) is 2.53. The predicted octanol–water partition coefficient (Wildman–Crippen LogP) is 2.46. The van der Waals surface area contributed by atoms with Crippen molar-refractivity contribution in [2.24, 2.45) is 0 Å². The third kappa shape index (κ3) is 4.69. The second-order valence-electron chi connectivity index (χ2n) is 5.23. The highest BCUT2D eigenvalue weighted by atomic mass is 16.6. The maximum atomic E-state index is 11.6. The van der Waals surface area contributed by atoms with Gasteiger partial charge in [-0.25, -0.2) is 10.2 Å². The van der Waals surface area contributed by atoms with Crippen LogP contribution in [0.2, 0.25) is 0 Å². The van der Waals surface area contributed by atoms with Gasteiger partial charge in [0.2, 0.25) is 0 Å². The highest BCUT2D eigenvalue weighted by Gasteiger charge is 2.21. The van der Waals surface area contributed by atoms with Crippen molar-refractivity contribution in [3.8, 4) is 11.5 Å². The van der Waals surface area contributed by atoms with Gasteiger partial charge in [-0.1, -0.05) is 0 Å². The Morgan fingerprint density at radius 3 is 2.18 bits per heavy atom. The first kappa shape index (κ1) is 17.3. The van der Waals surface area contributed by atoms with Gasteiger partial charge in [0.15, 0.2) is 11.5 Å². The van der Waals surface area contributed by atoms with Crippen LogP contribution in [0.1, 0.15) is 20.8 Å². The zero-order valence-corrected chi connectivity index (χ0v) is 13.1. The van der Waals surface area contributed by atoms with Gasteiger partial charge < -0.3 is 14.2 Å². The molecular weight excluding hydrogens is 294 g/mol. The molecule has 9 nitrogen and oxygen atoms in total. The summed E-state index contributed by atoms with van der Waals surface area (Å²) in [6.07, 6.45) is -0.767. The number of carbonyl (C=O) groups excluding carboxylic acids is 1. The van der Waals surface area contributed by atoms with E-state index < -0.39 is 16.6 Å². The highest BCUT2D eigenvalue weighted by molar-refractivity contribution is 5.74. The Labute approximate surface area is 127 Å². The maximum Gasteiger partial charge on any atom is 0.426 e. The smallest absolute Gasteiger partial charge is 0.426 e. The van der Waals surface area contributed by atoms with Crippen molar-refractivity contribution in [3.63, 3.8) is 0 Å². The minimum absolute atomic E-state index is 0.0357. The number of hydrazine groups is 1. The number of anilines is 1. The van der Waals surface area contributed by atoms with Gasteiger partial charge in [-0.3, -0.25) is 15.5 Å². The molecule has 0 saturated heterocycles. The number of nitro benzene ring substituents is 1. The Bertz CT molecular complexity index is 568. The minimum atomic E-state index is -0.767. The summed E-state index contributed by atoms with van der Waals surface area (Å²) in [6.45, 7) is 5.10. The van der Waals surface area contributed by atoms with Gasteiger partial charge in [0.1, 0.15) is 11.3 Å². The zero-order chi connectivity index (χ0) is 16.9. The molecule has 1 rings (SSSR count). The van der Waals surface area contributed by atoms with Crippen LogP contribution in [-0.2, 0) is 4.74 Å². The summed E-state index contributed by atoms with van der Waals surface area (Å²) in [5.41, 5.74) is 3.74. The molecule has 0 saturated carbocycles. The number of rotatable bonds is 5. The summed E-state index contributed by atoms with van der Waals surface area (Å²) >= 11 is 0. The molecule has 0 aliphatic rings. The van der Waals surface area contributed by atoms with E-state index in [2.05, 4.69) is 10.9 Å². The van der Waals surface area contributed by atoms with Crippen LogP contribution >= 0.6 is 0 Å². The van der Waals surface area contributed by atoms with Crippen LogP contribution < -0.4 is 20.3 Å². The molecule has 2 N–H and O–H groups in total. The number of benzene rings is 1. The summed E-state index contributed by atoms with van der Waals surface area (Å²) < 4.78 is 15.1. The van der Waals surface area contributed by atoms with Gasteiger partial charge in [-0.15, -0.1) is 0 Å². The fourth-order valence-electron chi connectivity index (χ4n) is 1.54. The van der Waals surface area contributed by atoms with Crippen molar-refractivity contribution in [1.29, 1.82) is 0 Å². The highest BCUT2D eigenvalue weighted by Crippen LogP contribution is 2.37. The van der Waals surface area contributed by atoms with Crippen LogP contribution in [0.5, 0.6) is 11.5 Å². The molecule has 0 fully saturated rings. The van der Waals surface area contributed by atoms with Crippen LogP contribution in [0.25, 0.3) is 0 Å². The molecule has 1 aromatic rings. The van der Waals surface area contributed by atoms with Crippen molar-refractivity contribution >= 4 is 17.5 Å². The van der Waals surface area contributed by atoms with Crippen molar-refractivity contribution in [2.75, 3.05) is 19.6 Å². The minimum Gasteiger partial charge on any atom is -0.493 e. The Morgan fingerprint density at radius 2 is 1.73 bits per heavy atom. The number of amides is 1. The molecule has 22 heavy (non-hydrogen) atoms. The summed E-state index contributed by atoms with van der Waals surface area (Å²) in [4.78, 5) is 22.0. The van der Waals surface area contributed by atoms with Crippen molar-refractivity contribution in [1.82, 2.24) is 5.43 Å². The second kappa shape index (κ2) is 6.83. The monoisotopic (exact) mass is 313 g/mol. The Balaban J connectivity index is 2.98. The number of nitro groups is 1. The predicted molar refractivity (Wildman–Crippen MR) is 79.2 cm³/mol. The molecule has 0 atom stereocenters. The van der Waals surface area contributed by atoms with Crippen LogP contribution in [0.3, 0.4) is 0 Å². The van der Waals surface area contributed by atoms with Crippen molar-refractivity contribution < 1.29 is 23.9 Å². The topological polar surface area (TPSA) is 112 Å². The van der Waals surface area contributed by atoms with E-state index in [4.69, 9.17) is 14.2 Å². The summed E-state index contributed by atoms with van der Waals surface area (Å²) in [5, 5.41) is 11.1. The average Bonchev–Trinajstić information content (AvgIpc) is 2.41. The standard InChI is InChI=1S/C13H19N3O6/c1-13(2,3)22-12(17)15-14-8-6-10(20-4)11(21-5)7-9(8)16(18)19/h6-7,14H,1-5H3,(H,15,17). The number of methoxy groups -OCH3 is 2. The molecule has 0 unspecified atom stereocenters. The van der Waals surface area contributed by atoms with E-state index in [1.54, 1.807) is 20.8 Å². The molecule has 1 amide bonds. The first-order valence-corrected chi connectivity index (χ1v) is 6.33. The quantitative estimate of drug-likeness (QED) is 0.634. The second-order valence-corrected chi connectivity index (χ2v) is 5.23. The molecule has 0 aliphatic heterocycles. The number of carbonyl (C=O) groups is 1. The van der Waals surface area contributed by atoms with Crippen LogP contribution in [0, 0.1) is 10.1 Å². The number of hydrogen-bond acceptors (Lipinski definition) is 7. The molecule has 0 bridgehead atoms. The normalized spacial score (nSPS) is 10.6. The third-order valence-corrected chi connectivity index (χ3v) is 2.40. The Hall–Kier alpha value is -2.71. The fraction of sp³-hybridized carbons (Fsp3) is 0.462. The molecule has 0 radical (unpaired) electrons. The van der Waals surface area contributed by atoms with Gasteiger partial charge in [0.25, 0.3) is 5.69 Å². The van der Waals surface area contributed by atoms with Crippen LogP contribution in [0.15, 0.2) is 12.1 Å². The molecular formula is C13H19N3O6. The van der Waals surface area contributed by atoms with E-state index in [1.165, 1.54) is 26.4 Å². The lowest BCUT2D eigenvalue weighted by Gasteiger charge is -2.20. The number of ether oxygens (including phenoxy) is 3. The average molecular weight is 313 g/mol. The van der Waals surface area contributed by atoms with E-state index in [1.807, 2.05) is 0 Å². The van der Waals surface area contributed by atoms with E-state index in [-0.39, 0.29) is 22.9 Å². The van der Waals surface area contributed by atoms with Crippen LogP contribution in [-0.4, -0.2) is 30.8 Å². The van der Waals surface area contributed by atoms with E-state index >= 15 is 0 Å². The number of nitrogens with one attached hydrogen (secondary N) is 2. The van der Waals surface area contributed by atoms with E-state index in [0.29, 0.717) is 0 Å². The van der Waals surface area contributed by atoms with Crippen molar-refractivity contribution in [2.45, 2.75) is 26.4 Å². The molecule has 0 spiro atoms. The maximum absolute atomic E-state index is 11.6. The first-order chi connectivity index (χ1) is 10.2. The number of hydrogen-bond donors (Lipinski definition) is 2.